The maximum Gasteiger partial charge on any atom is 0.347 e. The van der Waals surface area contributed by atoms with Gasteiger partial charge in [-0.25, -0.2) is 4.79 Å². The predicted octanol–water partition coefficient (Wildman–Crippen LogP) is 2.57. The summed E-state index contributed by atoms with van der Waals surface area (Å²) in [6.45, 7) is 5.58. The first-order chi connectivity index (χ1) is 10.4. The zero-order chi connectivity index (χ0) is 16.2. The molecule has 0 aliphatic heterocycles. The van der Waals surface area contributed by atoms with Gasteiger partial charge in [-0.15, -0.1) is 0 Å². The van der Waals surface area contributed by atoms with Crippen LogP contribution < -0.4 is 0 Å². The fourth-order valence-electron chi connectivity index (χ4n) is 2.42. The molecule has 0 unspecified atom stereocenters. The molecule has 0 saturated heterocycles. The Morgan fingerprint density at radius 2 is 1.27 bits per heavy atom. The molecule has 0 atom stereocenters. The molecule has 0 spiro atoms. The monoisotopic (exact) mass is 314 g/mol. The van der Waals surface area contributed by atoms with Crippen molar-refractivity contribution in [3.05, 3.63) is 71.8 Å². The van der Waals surface area contributed by atoms with Gasteiger partial charge in [0.25, 0.3) is 0 Å². The average molecular weight is 314 g/mol. The maximum absolute atomic E-state index is 13.0. The molecule has 0 N–H and O–H groups in total. The SMILES string of the molecule is CC(C)(C)OC(=O)C(O[SiH3])(c1ccccc1)c1ccccc1. The first-order valence-corrected chi connectivity index (χ1v) is 8.11. The van der Waals surface area contributed by atoms with Crippen molar-refractivity contribution in [3.8, 4) is 0 Å². The quantitative estimate of drug-likeness (QED) is 0.643. The fourth-order valence-corrected chi connectivity index (χ4v) is 3.06. The van der Waals surface area contributed by atoms with E-state index in [2.05, 4.69) is 0 Å². The van der Waals surface area contributed by atoms with Crippen LogP contribution in [-0.4, -0.2) is 22.1 Å². The third kappa shape index (κ3) is 3.29. The van der Waals surface area contributed by atoms with Gasteiger partial charge < -0.3 is 9.16 Å². The largest absolute Gasteiger partial charge is 0.457 e. The second kappa shape index (κ2) is 6.46. The van der Waals surface area contributed by atoms with Crippen molar-refractivity contribution in [1.29, 1.82) is 0 Å². The van der Waals surface area contributed by atoms with E-state index in [0.717, 1.165) is 11.1 Å². The molecule has 3 nitrogen and oxygen atoms in total. The molecule has 0 saturated carbocycles. The van der Waals surface area contributed by atoms with E-state index in [4.69, 9.17) is 9.16 Å². The molecule has 0 aromatic heterocycles. The van der Waals surface area contributed by atoms with Crippen LogP contribution in [0.3, 0.4) is 0 Å². The van der Waals surface area contributed by atoms with Crippen LogP contribution in [0.25, 0.3) is 0 Å². The van der Waals surface area contributed by atoms with E-state index in [1.807, 2.05) is 81.4 Å². The standard InChI is InChI=1S/C18H22O3Si/c1-17(2,3)20-16(19)18(21-22,14-10-6-4-7-11-14)15-12-8-5-9-13-15/h4-13H,1-3,22H3. The van der Waals surface area contributed by atoms with Gasteiger partial charge in [0.1, 0.15) is 16.1 Å². The maximum atomic E-state index is 13.0. The second-order valence-electron chi connectivity index (χ2n) is 6.12. The zero-order valence-corrected chi connectivity index (χ0v) is 15.5. The van der Waals surface area contributed by atoms with Crippen LogP contribution in [0, 0.1) is 0 Å². The van der Waals surface area contributed by atoms with E-state index >= 15 is 0 Å². The Hall–Kier alpha value is -1.91. The summed E-state index contributed by atoms with van der Waals surface area (Å²) in [4.78, 5) is 13.0. The van der Waals surface area contributed by atoms with Crippen LogP contribution >= 0.6 is 0 Å². The van der Waals surface area contributed by atoms with Crippen LogP contribution in [0.15, 0.2) is 60.7 Å². The van der Waals surface area contributed by atoms with Crippen molar-refractivity contribution in [2.45, 2.75) is 32.0 Å². The lowest BCUT2D eigenvalue weighted by Gasteiger charge is -2.34. The number of hydrogen-bond donors (Lipinski definition) is 0. The molecule has 2 aromatic rings. The third-order valence-corrected chi connectivity index (χ3v) is 3.97. The van der Waals surface area contributed by atoms with Gasteiger partial charge >= 0.3 is 5.97 Å². The van der Waals surface area contributed by atoms with Gasteiger partial charge in [0.2, 0.25) is 5.60 Å². The summed E-state index contributed by atoms with van der Waals surface area (Å²) in [6.07, 6.45) is 0. The van der Waals surface area contributed by atoms with Crippen molar-refractivity contribution in [1.82, 2.24) is 0 Å². The van der Waals surface area contributed by atoms with Gasteiger partial charge in [0, 0.05) is 0 Å². The van der Waals surface area contributed by atoms with E-state index in [9.17, 15) is 4.79 Å². The molecule has 0 aliphatic rings. The Morgan fingerprint density at radius 3 is 1.59 bits per heavy atom. The highest BCUT2D eigenvalue weighted by molar-refractivity contribution is 6.01. The molecule has 116 valence electrons. The Bertz CT molecular complexity index is 578. The van der Waals surface area contributed by atoms with E-state index in [-0.39, 0.29) is 5.97 Å². The lowest BCUT2D eigenvalue weighted by atomic mass is 9.86. The molecule has 2 rings (SSSR count). The summed E-state index contributed by atoms with van der Waals surface area (Å²) in [7, 11) is 0.404. The second-order valence-corrected chi connectivity index (χ2v) is 6.53. The minimum atomic E-state index is -1.21. The van der Waals surface area contributed by atoms with Gasteiger partial charge in [0.05, 0.1) is 0 Å². The Balaban J connectivity index is 2.60. The van der Waals surface area contributed by atoms with E-state index in [0.29, 0.717) is 10.5 Å². The Labute approximate surface area is 134 Å². The van der Waals surface area contributed by atoms with Crippen molar-refractivity contribution in [3.63, 3.8) is 0 Å². The van der Waals surface area contributed by atoms with Crippen molar-refractivity contribution in [2.75, 3.05) is 0 Å². The molecule has 0 heterocycles. The van der Waals surface area contributed by atoms with Crippen LogP contribution in [-0.2, 0) is 19.6 Å². The number of benzene rings is 2. The number of hydrogen-bond acceptors (Lipinski definition) is 3. The predicted molar refractivity (Wildman–Crippen MR) is 90.5 cm³/mol. The number of esters is 1. The van der Waals surface area contributed by atoms with E-state index in [1.54, 1.807) is 0 Å². The minimum absolute atomic E-state index is 0.382. The first kappa shape index (κ1) is 16.5. The first-order valence-electron chi connectivity index (χ1n) is 7.30. The average Bonchev–Trinajstić information content (AvgIpc) is 2.49. The van der Waals surface area contributed by atoms with Crippen LogP contribution in [0.4, 0.5) is 0 Å². The summed E-state index contributed by atoms with van der Waals surface area (Å²) in [5.74, 6) is -0.382. The van der Waals surface area contributed by atoms with Crippen LogP contribution in [0.2, 0.25) is 0 Å². The molecular weight excluding hydrogens is 292 g/mol. The highest BCUT2D eigenvalue weighted by Crippen LogP contribution is 2.35. The summed E-state index contributed by atoms with van der Waals surface area (Å²) in [5, 5.41) is 0. The lowest BCUT2D eigenvalue weighted by molar-refractivity contribution is -0.171. The molecule has 0 aliphatic carbocycles. The normalized spacial score (nSPS) is 12.1. The van der Waals surface area contributed by atoms with Gasteiger partial charge in [-0.1, -0.05) is 60.7 Å². The van der Waals surface area contributed by atoms with Crippen LogP contribution in [0.5, 0.6) is 0 Å². The number of carbonyl (C=O) groups excluding carboxylic acids is 1. The van der Waals surface area contributed by atoms with Crippen LogP contribution in [0.1, 0.15) is 31.9 Å². The fraction of sp³-hybridized carbons (Fsp3) is 0.278. The molecule has 0 bridgehead atoms. The minimum Gasteiger partial charge on any atom is -0.457 e. The number of rotatable bonds is 4. The molecule has 22 heavy (non-hydrogen) atoms. The molecule has 0 amide bonds. The molecule has 0 radical (unpaired) electrons. The van der Waals surface area contributed by atoms with Gasteiger partial charge in [0.15, 0.2) is 0 Å². The highest BCUT2D eigenvalue weighted by Gasteiger charge is 2.44. The Kier molecular flexibility index (Phi) is 4.83. The Morgan fingerprint density at radius 1 is 0.864 bits per heavy atom. The summed E-state index contributed by atoms with van der Waals surface area (Å²) in [5.41, 5.74) is -0.218. The summed E-state index contributed by atoms with van der Waals surface area (Å²) in [6, 6.07) is 19.0. The third-order valence-electron chi connectivity index (χ3n) is 3.35. The van der Waals surface area contributed by atoms with Gasteiger partial charge in [-0.3, -0.25) is 0 Å². The number of ether oxygens (including phenoxy) is 1. The summed E-state index contributed by atoms with van der Waals surface area (Å²) < 4.78 is 11.5. The van der Waals surface area contributed by atoms with Crippen molar-refractivity contribution in [2.24, 2.45) is 0 Å². The molecule has 0 fully saturated rings. The molecule has 2 aromatic carbocycles. The topological polar surface area (TPSA) is 35.5 Å². The van der Waals surface area contributed by atoms with Crippen molar-refractivity contribution >= 4 is 16.5 Å². The molecule has 4 heteroatoms. The van der Waals surface area contributed by atoms with Gasteiger partial charge in [-0.2, -0.15) is 0 Å². The number of carbonyl (C=O) groups is 1. The van der Waals surface area contributed by atoms with E-state index < -0.39 is 11.2 Å². The van der Waals surface area contributed by atoms with Crippen molar-refractivity contribution < 1.29 is 14.0 Å². The summed E-state index contributed by atoms with van der Waals surface area (Å²) >= 11 is 0. The molecular formula is C18H22O3Si. The smallest absolute Gasteiger partial charge is 0.347 e. The lowest BCUT2D eigenvalue weighted by Crippen LogP contribution is -2.44. The highest BCUT2D eigenvalue weighted by atomic mass is 28.2. The van der Waals surface area contributed by atoms with Gasteiger partial charge in [-0.05, 0) is 31.9 Å². The van der Waals surface area contributed by atoms with E-state index in [1.165, 1.54) is 0 Å². The zero-order valence-electron chi connectivity index (χ0n) is 13.5.